The number of benzene rings is 1. The van der Waals surface area contributed by atoms with Crippen molar-refractivity contribution in [2.24, 2.45) is 0 Å². The van der Waals surface area contributed by atoms with Crippen molar-refractivity contribution in [1.29, 1.82) is 0 Å². The van der Waals surface area contributed by atoms with Crippen LogP contribution in [0.3, 0.4) is 0 Å². The lowest BCUT2D eigenvalue weighted by Gasteiger charge is -2.14. The Kier molecular flexibility index (Phi) is 4.73. The molecule has 4 nitrogen and oxygen atoms in total. The normalized spacial score (nSPS) is 18.8. The van der Waals surface area contributed by atoms with Crippen molar-refractivity contribution in [1.82, 2.24) is 5.32 Å². The van der Waals surface area contributed by atoms with Gasteiger partial charge in [-0.2, -0.15) is 0 Å². The molecule has 0 aromatic heterocycles. The Morgan fingerprint density at radius 2 is 2.28 bits per heavy atom. The molecule has 2 N–H and O–H groups in total. The number of ether oxygens (including phenoxy) is 1. The number of carbonyl (C=O) groups is 1. The number of amides is 1. The van der Waals surface area contributed by atoms with Crippen LogP contribution < -0.4 is 10.6 Å². The molecule has 1 atom stereocenters. The molecule has 0 bridgehead atoms. The van der Waals surface area contributed by atoms with Gasteiger partial charge in [-0.25, -0.2) is 0 Å². The minimum absolute atomic E-state index is 0.0311. The summed E-state index contributed by atoms with van der Waals surface area (Å²) in [5.74, 6) is -0.0311. The van der Waals surface area contributed by atoms with Gasteiger partial charge in [-0.15, -0.1) is 0 Å². The molecule has 0 spiro atoms. The van der Waals surface area contributed by atoms with E-state index in [4.69, 9.17) is 4.74 Å². The Balaban J connectivity index is 2.00. The van der Waals surface area contributed by atoms with E-state index in [1.54, 1.807) is 0 Å². The van der Waals surface area contributed by atoms with Crippen LogP contribution in [0, 0.1) is 0 Å². The topological polar surface area (TPSA) is 50.4 Å². The molecule has 1 aliphatic heterocycles. The molecular formula is C14H20N2O2. The van der Waals surface area contributed by atoms with Crippen molar-refractivity contribution in [2.75, 3.05) is 18.5 Å². The van der Waals surface area contributed by atoms with Gasteiger partial charge in [0.05, 0.1) is 0 Å². The van der Waals surface area contributed by atoms with E-state index < -0.39 is 0 Å². The van der Waals surface area contributed by atoms with Crippen LogP contribution in [-0.2, 0) is 16.1 Å². The molecular weight excluding hydrogens is 228 g/mol. The standard InChI is InChI=1S/C14H20N2O2/c1-2-15-10-11-6-3-4-7-12(11)16-14(17)13-8-5-9-18-13/h3-4,6-7,13,15H,2,5,8-10H2,1H3,(H,16,17)/t13-/m1/s1. The highest BCUT2D eigenvalue weighted by molar-refractivity contribution is 5.94. The zero-order chi connectivity index (χ0) is 12.8. The lowest BCUT2D eigenvalue weighted by Crippen LogP contribution is -2.27. The maximum atomic E-state index is 12.0. The monoisotopic (exact) mass is 248 g/mol. The van der Waals surface area contributed by atoms with Crippen molar-refractivity contribution < 1.29 is 9.53 Å². The summed E-state index contributed by atoms with van der Waals surface area (Å²) in [5.41, 5.74) is 1.98. The van der Waals surface area contributed by atoms with Crippen molar-refractivity contribution in [3.05, 3.63) is 29.8 Å². The largest absolute Gasteiger partial charge is 0.368 e. The van der Waals surface area contributed by atoms with Crippen LogP contribution in [0.5, 0.6) is 0 Å². The number of nitrogens with one attached hydrogen (secondary N) is 2. The first kappa shape index (κ1) is 13.1. The summed E-state index contributed by atoms with van der Waals surface area (Å²) in [5, 5.41) is 6.22. The lowest BCUT2D eigenvalue weighted by atomic mass is 10.1. The number of carbonyl (C=O) groups excluding carboxylic acids is 1. The summed E-state index contributed by atoms with van der Waals surface area (Å²) in [4.78, 5) is 12.0. The molecule has 18 heavy (non-hydrogen) atoms. The minimum Gasteiger partial charge on any atom is -0.368 e. The molecule has 1 fully saturated rings. The van der Waals surface area contributed by atoms with Gasteiger partial charge in [-0.05, 0) is 31.0 Å². The highest BCUT2D eigenvalue weighted by Gasteiger charge is 2.23. The summed E-state index contributed by atoms with van der Waals surface area (Å²) in [6, 6.07) is 7.86. The van der Waals surface area contributed by atoms with Gasteiger partial charge >= 0.3 is 0 Å². The molecule has 4 heteroatoms. The molecule has 1 amide bonds. The third-order valence-electron chi connectivity index (χ3n) is 3.06. The number of anilines is 1. The quantitative estimate of drug-likeness (QED) is 0.837. The van der Waals surface area contributed by atoms with Gasteiger partial charge in [-0.3, -0.25) is 4.79 Å². The van der Waals surface area contributed by atoms with Gasteiger partial charge in [0.25, 0.3) is 5.91 Å². The van der Waals surface area contributed by atoms with E-state index in [1.807, 2.05) is 24.3 Å². The highest BCUT2D eigenvalue weighted by atomic mass is 16.5. The predicted octanol–water partition coefficient (Wildman–Crippen LogP) is 1.91. The minimum atomic E-state index is -0.280. The number of para-hydroxylation sites is 1. The van der Waals surface area contributed by atoms with Crippen molar-refractivity contribution in [3.8, 4) is 0 Å². The molecule has 0 radical (unpaired) electrons. The summed E-state index contributed by atoms with van der Waals surface area (Å²) in [7, 11) is 0. The Hall–Kier alpha value is -1.39. The third kappa shape index (κ3) is 3.31. The fraction of sp³-hybridized carbons (Fsp3) is 0.500. The fourth-order valence-electron chi connectivity index (χ4n) is 2.05. The molecule has 1 aromatic carbocycles. The predicted molar refractivity (Wildman–Crippen MR) is 71.4 cm³/mol. The van der Waals surface area contributed by atoms with Crippen LogP contribution >= 0.6 is 0 Å². The first-order chi connectivity index (χ1) is 8.81. The molecule has 0 unspecified atom stereocenters. The van der Waals surface area contributed by atoms with E-state index in [2.05, 4.69) is 17.6 Å². The van der Waals surface area contributed by atoms with E-state index >= 15 is 0 Å². The maximum absolute atomic E-state index is 12.0. The Morgan fingerprint density at radius 1 is 1.44 bits per heavy atom. The molecule has 1 aliphatic rings. The van der Waals surface area contributed by atoms with E-state index in [0.29, 0.717) is 6.61 Å². The van der Waals surface area contributed by atoms with Gasteiger partial charge in [0, 0.05) is 18.8 Å². The molecule has 1 heterocycles. The first-order valence-electron chi connectivity index (χ1n) is 6.52. The third-order valence-corrected chi connectivity index (χ3v) is 3.06. The highest BCUT2D eigenvalue weighted by Crippen LogP contribution is 2.18. The van der Waals surface area contributed by atoms with Crippen molar-refractivity contribution in [2.45, 2.75) is 32.4 Å². The smallest absolute Gasteiger partial charge is 0.253 e. The molecule has 0 aliphatic carbocycles. The van der Waals surface area contributed by atoms with Crippen LogP contribution in [0.4, 0.5) is 5.69 Å². The van der Waals surface area contributed by atoms with Crippen molar-refractivity contribution >= 4 is 11.6 Å². The van der Waals surface area contributed by atoms with Gasteiger partial charge < -0.3 is 15.4 Å². The van der Waals surface area contributed by atoms with E-state index in [1.165, 1.54) is 0 Å². The van der Waals surface area contributed by atoms with Gasteiger partial charge in [0.2, 0.25) is 0 Å². The van der Waals surface area contributed by atoms with Crippen LogP contribution in [-0.4, -0.2) is 25.2 Å². The first-order valence-corrected chi connectivity index (χ1v) is 6.52. The maximum Gasteiger partial charge on any atom is 0.253 e. The molecule has 2 rings (SSSR count). The number of rotatable bonds is 5. The second-order valence-corrected chi connectivity index (χ2v) is 4.43. The summed E-state index contributed by atoms with van der Waals surface area (Å²) >= 11 is 0. The molecule has 1 saturated heterocycles. The summed E-state index contributed by atoms with van der Waals surface area (Å²) < 4.78 is 5.38. The SMILES string of the molecule is CCNCc1ccccc1NC(=O)[C@H]1CCCO1. The summed E-state index contributed by atoms with van der Waals surface area (Å²) in [6.45, 7) is 4.43. The van der Waals surface area contributed by atoms with Crippen LogP contribution in [0.25, 0.3) is 0 Å². The summed E-state index contributed by atoms with van der Waals surface area (Å²) in [6.07, 6.45) is 1.51. The van der Waals surface area contributed by atoms with Crippen molar-refractivity contribution in [3.63, 3.8) is 0 Å². The van der Waals surface area contributed by atoms with E-state index in [-0.39, 0.29) is 12.0 Å². The zero-order valence-corrected chi connectivity index (χ0v) is 10.7. The van der Waals surface area contributed by atoms with Gasteiger partial charge in [0.15, 0.2) is 0 Å². The molecule has 0 saturated carbocycles. The van der Waals surface area contributed by atoms with E-state index in [9.17, 15) is 4.79 Å². The fourth-order valence-corrected chi connectivity index (χ4v) is 2.05. The van der Waals surface area contributed by atoms with Crippen LogP contribution in [0.2, 0.25) is 0 Å². The van der Waals surface area contributed by atoms with Gasteiger partial charge in [-0.1, -0.05) is 25.1 Å². The second kappa shape index (κ2) is 6.52. The van der Waals surface area contributed by atoms with E-state index in [0.717, 1.165) is 37.2 Å². The Labute approximate surface area is 108 Å². The second-order valence-electron chi connectivity index (χ2n) is 4.43. The molecule has 98 valence electrons. The Morgan fingerprint density at radius 3 is 3.00 bits per heavy atom. The average molecular weight is 248 g/mol. The molecule has 1 aromatic rings. The Bertz CT molecular complexity index is 401. The van der Waals surface area contributed by atoms with Gasteiger partial charge in [0.1, 0.15) is 6.10 Å². The lowest BCUT2D eigenvalue weighted by molar-refractivity contribution is -0.124. The number of hydrogen-bond donors (Lipinski definition) is 2. The zero-order valence-electron chi connectivity index (χ0n) is 10.7. The average Bonchev–Trinajstić information content (AvgIpc) is 2.91. The van der Waals surface area contributed by atoms with Crippen LogP contribution in [0.15, 0.2) is 24.3 Å². The number of hydrogen-bond acceptors (Lipinski definition) is 3. The van der Waals surface area contributed by atoms with Crippen LogP contribution in [0.1, 0.15) is 25.3 Å².